The van der Waals surface area contributed by atoms with Crippen molar-refractivity contribution in [3.63, 3.8) is 0 Å². The highest BCUT2D eigenvalue weighted by Gasteiger charge is 2.31. The molecule has 1 aliphatic heterocycles. The lowest BCUT2D eigenvalue weighted by molar-refractivity contribution is -0.134. The number of halogens is 1. The number of likely N-dealkylation sites (tertiary alicyclic amines) is 1. The largest absolute Gasteiger partial charge is 0.342 e. The molecule has 2 aromatic rings. The van der Waals surface area contributed by atoms with Gasteiger partial charge in [0, 0.05) is 25.3 Å². The van der Waals surface area contributed by atoms with Gasteiger partial charge in [-0.3, -0.25) is 9.59 Å². The Morgan fingerprint density at radius 2 is 1.90 bits per heavy atom. The van der Waals surface area contributed by atoms with Crippen molar-refractivity contribution in [2.45, 2.75) is 39.5 Å². The van der Waals surface area contributed by atoms with Gasteiger partial charge in [0.25, 0.3) is 0 Å². The lowest BCUT2D eigenvalue weighted by Gasteiger charge is -2.35. The van der Waals surface area contributed by atoms with Crippen molar-refractivity contribution >= 4 is 17.5 Å². The third kappa shape index (κ3) is 5.69. The van der Waals surface area contributed by atoms with Crippen molar-refractivity contribution in [3.05, 3.63) is 65.0 Å². The molecule has 3 rings (SSSR count). The third-order valence-electron chi connectivity index (χ3n) is 5.91. The van der Waals surface area contributed by atoms with Gasteiger partial charge in [0.2, 0.25) is 11.8 Å². The Kier molecular flexibility index (Phi) is 7.41. The number of aryl methyl sites for hydroxylation is 2. The van der Waals surface area contributed by atoms with E-state index >= 15 is 0 Å². The van der Waals surface area contributed by atoms with Crippen LogP contribution in [0.25, 0.3) is 0 Å². The van der Waals surface area contributed by atoms with Gasteiger partial charge in [-0.15, -0.1) is 0 Å². The summed E-state index contributed by atoms with van der Waals surface area (Å²) in [5, 5.41) is 9.06. The van der Waals surface area contributed by atoms with E-state index in [-0.39, 0.29) is 36.4 Å². The molecule has 2 amide bonds. The van der Waals surface area contributed by atoms with Gasteiger partial charge in [0.05, 0.1) is 24.8 Å². The van der Waals surface area contributed by atoms with E-state index < -0.39 is 0 Å². The lowest BCUT2D eigenvalue weighted by atomic mass is 9.95. The number of piperidine rings is 1. The minimum absolute atomic E-state index is 0.0437. The maximum Gasteiger partial charge on any atom is 0.231 e. The molecule has 0 bridgehead atoms. The molecule has 0 saturated carbocycles. The van der Waals surface area contributed by atoms with Crippen LogP contribution in [0.1, 0.15) is 36.0 Å². The van der Waals surface area contributed by atoms with Crippen molar-refractivity contribution in [2.24, 2.45) is 5.92 Å². The maximum atomic E-state index is 13.4. The van der Waals surface area contributed by atoms with E-state index in [2.05, 4.69) is 6.07 Å². The second-order valence-electron chi connectivity index (χ2n) is 8.15. The molecule has 0 aromatic heterocycles. The standard InChI is InChI=1S/C25H28FN3O2/c1-18-6-11-23(15-19(18)2)29(14-4-12-27)25(31)21-5-3-13-28(17-21)24(30)16-20-7-9-22(26)10-8-20/h6-11,15,21H,3-5,13-14,16-17H2,1-2H3. The Morgan fingerprint density at radius 1 is 1.16 bits per heavy atom. The third-order valence-corrected chi connectivity index (χ3v) is 5.91. The van der Waals surface area contributed by atoms with Crippen LogP contribution in [0, 0.1) is 36.9 Å². The number of anilines is 1. The number of carbonyl (C=O) groups is 2. The van der Waals surface area contributed by atoms with Crippen molar-refractivity contribution in [1.82, 2.24) is 4.90 Å². The monoisotopic (exact) mass is 421 g/mol. The maximum absolute atomic E-state index is 13.4. The Balaban J connectivity index is 1.72. The van der Waals surface area contributed by atoms with Crippen molar-refractivity contribution in [3.8, 4) is 6.07 Å². The zero-order valence-electron chi connectivity index (χ0n) is 18.1. The van der Waals surface area contributed by atoms with Crippen molar-refractivity contribution in [2.75, 3.05) is 24.5 Å². The molecule has 6 heteroatoms. The average Bonchev–Trinajstić information content (AvgIpc) is 2.77. The highest BCUT2D eigenvalue weighted by Crippen LogP contribution is 2.25. The van der Waals surface area contributed by atoms with E-state index in [1.165, 1.54) is 12.1 Å². The van der Waals surface area contributed by atoms with Crippen LogP contribution in [0.3, 0.4) is 0 Å². The van der Waals surface area contributed by atoms with Gasteiger partial charge >= 0.3 is 0 Å². The Hall–Kier alpha value is -3.20. The van der Waals surface area contributed by atoms with Crippen LogP contribution in [-0.2, 0) is 16.0 Å². The minimum Gasteiger partial charge on any atom is -0.342 e. The molecule has 1 heterocycles. The molecule has 1 unspecified atom stereocenters. The van der Waals surface area contributed by atoms with Crippen LogP contribution < -0.4 is 4.90 Å². The van der Waals surface area contributed by atoms with Crippen molar-refractivity contribution in [1.29, 1.82) is 5.26 Å². The molecule has 1 fully saturated rings. The van der Waals surface area contributed by atoms with E-state index in [1.54, 1.807) is 21.9 Å². The number of nitriles is 1. The zero-order chi connectivity index (χ0) is 22.4. The van der Waals surface area contributed by atoms with E-state index in [0.717, 1.165) is 28.8 Å². The fourth-order valence-corrected chi connectivity index (χ4v) is 3.94. The number of benzene rings is 2. The molecule has 0 radical (unpaired) electrons. The number of carbonyl (C=O) groups excluding carboxylic acids is 2. The first-order valence-electron chi connectivity index (χ1n) is 10.7. The van der Waals surface area contributed by atoms with Crippen LogP contribution in [0.4, 0.5) is 10.1 Å². The number of hydrogen-bond donors (Lipinski definition) is 0. The fraction of sp³-hybridized carbons (Fsp3) is 0.400. The molecule has 0 aliphatic carbocycles. The number of hydrogen-bond acceptors (Lipinski definition) is 3. The molecule has 1 atom stereocenters. The highest BCUT2D eigenvalue weighted by molar-refractivity contribution is 5.95. The second kappa shape index (κ2) is 10.2. The summed E-state index contributed by atoms with van der Waals surface area (Å²) in [6, 6.07) is 13.9. The predicted octanol–water partition coefficient (Wildman–Crippen LogP) is 4.17. The van der Waals surface area contributed by atoms with Gasteiger partial charge in [0.1, 0.15) is 5.82 Å². The summed E-state index contributed by atoms with van der Waals surface area (Å²) < 4.78 is 13.1. The summed E-state index contributed by atoms with van der Waals surface area (Å²) in [4.78, 5) is 29.6. The molecule has 0 N–H and O–H groups in total. The first kappa shape index (κ1) is 22.5. The smallest absolute Gasteiger partial charge is 0.231 e. The van der Waals surface area contributed by atoms with E-state index in [1.807, 2.05) is 32.0 Å². The van der Waals surface area contributed by atoms with Gasteiger partial charge in [-0.25, -0.2) is 4.39 Å². The van der Waals surface area contributed by atoms with Crippen LogP contribution in [-0.4, -0.2) is 36.3 Å². The first-order valence-corrected chi connectivity index (χ1v) is 10.7. The van der Waals surface area contributed by atoms with Gasteiger partial charge in [-0.1, -0.05) is 18.2 Å². The summed E-state index contributed by atoms with van der Waals surface area (Å²) >= 11 is 0. The summed E-state index contributed by atoms with van der Waals surface area (Å²) in [7, 11) is 0. The van der Waals surface area contributed by atoms with E-state index in [0.29, 0.717) is 26.1 Å². The van der Waals surface area contributed by atoms with Crippen LogP contribution in [0.5, 0.6) is 0 Å². The SMILES string of the molecule is Cc1ccc(N(CCC#N)C(=O)C2CCCN(C(=O)Cc3ccc(F)cc3)C2)cc1C. The Bertz CT molecular complexity index is 981. The lowest BCUT2D eigenvalue weighted by Crippen LogP contribution is -2.47. The van der Waals surface area contributed by atoms with Crippen molar-refractivity contribution < 1.29 is 14.0 Å². The summed E-state index contributed by atoms with van der Waals surface area (Å²) in [6.45, 7) is 5.34. The minimum atomic E-state index is -0.330. The van der Waals surface area contributed by atoms with E-state index in [4.69, 9.17) is 5.26 Å². The number of amides is 2. The van der Waals surface area contributed by atoms with Gasteiger partial charge < -0.3 is 9.80 Å². The summed E-state index contributed by atoms with van der Waals surface area (Å²) in [5.74, 6) is -0.730. The second-order valence-corrected chi connectivity index (χ2v) is 8.15. The zero-order valence-corrected chi connectivity index (χ0v) is 18.1. The summed E-state index contributed by atoms with van der Waals surface area (Å²) in [5.41, 5.74) is 3.78. The molecule has 2 aromatic carbocycles. The molecule has 31 heavy (non-hydrogen) atoms. The first-order chi connectivity index (χ1) is 14.9. The topological polar surface area (TPSA) is 64.4 Å². The molecule has 0 spiro atoms. The molecule has 162 valence electrons. The quantitative estimate of drug-likeness (QED) is 0.703. The molecule has 1 saturated heterocycles. The number of rotatable bonds is 6. The van der Waals surface area contributed by atoms with E-state index in [9.17, 15) is 14.0 Å². The van der Waals surface area contributed by atoms with Crippen LogP contribution >= 0.6 is 0 Å². The molecular weight excluding hydrogens is 393 g/mol. The Morgan fingerprint density at radius 3 is 2.58 bits per heavy atom. The molecule has 1 aliphatic rings. The Labute approximate surface area is 183 Å². The normalized spacial score (nSPS) is 15.9. The van der Waals surface area contributed by atoms with Gasteiger partial charge in [-0.2, -0.15) is 5.26 Å². The summed E-state index contributed by atoms with van der Waals surface area (Å²) in [6.07, 6.45) is 1.91. The fourth-order valence-electron chi connectivity index (χ4n) is 3.94. The van der Waals surface area contributed by atoms with Crippen LogP contribution in [0.2, 0.25) is 0 Å². The van der Waals surface area contributed by atoms with Gasteiger partial charge in [0.15, 0.2) is 0 Å². The predicted molar refractivity (Wildman–Crippen MR) is 118 cm³/mol. The average molecular weight is 422 g/mol. The molecule has 5 nitrogen and oxygen atoms in total. The van der Waals surface area contributed by atoms with Crippen LogP contribution in [0.15, 0.2) is 42.5 Å². The highest BCUT2D eigenvalue weighted by atomic mass is 19.1. The molecular formula is C25H28FN3O2. The van der Waals surface area contributed by atoms with Gasteiger partial charge in [-0.05, 0) is 67.6 Å². The number of nitrogens with zero attached hydrogens (tertiary/aromatic N) is 3.